The number of hydrogen-bond donors (Lipinski definition) is 0. The van der Waals surface area contributed by atoms with Crippen molar-refractivity contribution in [2.75, 3.05) is 0 Å². The van der Waals surface area contributed by atoms with Gasteiger partial charge in [0.25, 0.3) is 0 Å². The first-order valence-corrected chi connectivity index (χ1v) is 4.65. The molecule has 0 aliphatic heterocycles. The van der Waals surface area contributed by atoms with Crippen LogP contribution in [-0.2, 0) is 4.79 Å². The van der Waals surface area contributed by atoms with Crippen LogP contribution in [0.25, 0.3) is 0 Å². The van der Waals surface area contributed by atoms with Gasteiger partial charge in [-0.1, -0.05) is 36.8 Å². The largest absolute Gasteiger partial charge is 0.300 e. The third-order valence-corrected chi connectivity index (χ3v) is 2.20. The number of rotatable bonds is 3. The maximum atomic E-state index is 10.9. The van der Waals surface area contributed by atoms with E-state index >= 15 is 0 Å². The van der Waals surface area contributed by atoms with Crippen molar-refractivity contribution in [3.05, 3.63) is 35.4 Å². The van der Waals surface area contributed by atoms with Gasteiger partial charge in [0.2, 0.25) is 0 Å². The van der Waals surface area contributed by atoms with Crippen LogP contribution in [0.15, 0.2) is 24.3 Å². The number of carbonyl (C=O) groups excluding carboxylic acids is 1. The Hall–Kier alpha value is -1.11. The fourth-order valence-electron chi connectivity index (χ4n) is 1.53. The molecule has 0 aliphatic rings. The molecule has 0 spiro atoms. The van der Waals surface area contributed by atoms with Crippen molar-refractivity contribution in [3.8, 4) is 0 Å². The maximum Gasteiger partial charge on any atom is 0.130 e. The second-order valence-corrected chi connectivity index (χ2v) is 3.72. The van der Waals surface area contributed by atoms with Crippen LogP contribution in [0.4, 0.5) is 0 Å². The first kappa shape index (κ1) is 9.97. The zero-order valence-electron chi connectivity index (χ0n) is 8.50. The Kier molecular flexibility index (Phi) is 3.24. The maximum absolute atomic E-state index is 10.9. The van der Waals surface area contributed by atoms with Crippen molar-refractivity contribution in [2.45, 2.75) is 33.1 Å². The molecular formula is C12H16O. The molecule has 0 N–H and O–H groups in total. The van der Waals surface area contributed by atoms with Gasteiger partial charge in [0.1, 0.15) is 5.78 Å². The predicted octanol–water partition coefficient (Wildman–Crippen LogP) is 3.08. The van der Waals surface area contributed by atoms with Crippen molar-refractivity contribution in [1.29, 1.82) is 0 Å². The van der Waals surface area contributed by atoms with Crippen LogP contribution in [-0.4, -0.2) is 5.78 Å². The normalized spacial score (nSPS) is 12.5. The molecule has 0 heterocycles. The Balaban J connectivity index is 2.76. The molecule has 1 rings (SSSR count). The zero-order chi connectivity index (χ0) is 9.84. The van der Waals surface area contributed by atoms with Crippen molar-refractivity contribution in [3.63, 3.8) is 0 Å². The third-order valence-electron chi connectivity index (χ3n) is 2.20. The van der Waals surface area contributed by atoms with Gasteiger partial charge in [0.15, 0.2) is 0 Å². The van der Waals surface area contributed by atoms with E-state index in [1.807, 2.05) is 6.07 Å². The highest BCUT2D eigenvalue weighted by Gasteiger charge is 2.07. The SMILES string of the molecule is CC(=O)CC(C)c1cccc(C)c1. The lowest BCUT2D eigenvalue weighted by Crippen LogP contribution is -2.00. The summed E-state index contributed by atoms with van der Waals surface area (Å²) in [6.45, 7) is 5.81. The van der Waals surface area contributed by atoms with E-state index in [9.17, 15) is 4.79 Å². The third kappa shape index (κ3) is 3.02. The minimum absolute atomic E-state index is 0.258. The summed E-state index contributed by atoms with van der Waals surface area (Å²) in [7, 11) is 0. The molecule has 1 unspecified atom stereocenters. The number of carbonyl (C=O) groups is 1. The molecule has 1 nitrogen and oxygen atoms in total. The molecule has 0 amide bonds. The molecule has 1 atom stereocenters. The molecule has 0 aliphatic carbocycles. The average Bonchev–Trinajstić information content (AvgIpc) is 2.03. The van der Waals surface area contributed by atoms with Gasteiger partial charge in [0, 0.05) is 6.42 Å². The van der Waals surface area contributed by atoms with E-state index in [0.717, 1.165) is 0 Å². The number of ketones is 1. The second kappa shape index (κ2) is 4.22. The first-order valence-electron chi connectivity index (χ1n) is 4.65. The number of aryl methyl sites for hydroxylation is 1. The van der Waals surface area contributed by atoms with E-state index < -0.39 is 0 Å². The lowest BCUT2D eigenvalue weighted by Gasteiger charge is -2.09. The lowest BCUT2D eigenvalue weighted by molar-refractivity contribution is -0.117. The quantitative estimate of drug-likeness (QED) is 0.691. The van der Waals surface area contributed by atoms with Crippen molar-refractivity contribution in [1.82, 2.24) is 0 Å². The number of Topliss-reactive ketones (excluding diaryl/α,β-unsaturated/α-hetero) is 1. The number of hydrogen-bond acceptors (Lipinski definition) is 1. The van der Waals surface area contributed by atoms with Crippen molar-refractivity contribution < 1.29 is 4.79 Å². The van der Waals surface area contributed by atoms with Gasteiger partial charge in [-0.25, -0.2) is 0 Å². The van der Waals surface area contributed by atoms with Crippen LogP contribution in [0.1, 0.15) is 37.3 Å². The van der Waals surface area contributed by atoms with Gasteiger partial charge in [-0.15, -0.1) is 0 Å². The molecule has 13 heavy (non-hydrogen) atoms. The van der Waals surface area contributed by atoms with Crippen molar-refractivity contribution in [2.24, 2.45) is 0 Å². The van der Waals surface area contributed by atoms with Crippen LogP contribution in [0.5, 0.6) is 0 Å². The van der Waals surface area contributed by atoms with E-state index in [2.05, 4.69) is 32.0 Å². The van der Waals surface area contributed by atoms with Crippen LogP contribution >= 0.6 is 0 Å². The summed E-state index contributed by atoms with van der Waals surface area (Å²) in [5, 5.41) is 0. The first-order chi connectivity index (χ1) is 6.09. The topological polar surface area (TPSA) is 17.1 Å². The molecule has 1 aromatic carbocycles. The summed E-state index contributed by atoms with van der Waals surface area (Å²) < 4.78 is 0. The van der Waals surface area contributed by atoms with Crippen LogP contribution in [0.3, 0.4) is 0 Å². The molecule has 0 fully saturated rings. The van der Waals surface area contributed by atoms with E-state index in [1.165, 1.54) is 11.1 Å². The highest BCUT2D eigenvalue weighted by atomic mass is 16.1. The Labute approximate surface area is 79.8 Å². The molecule has 1 heteroatoms. The highest BCUT2D eigenvalue weighted by molar-refractivity contribution is 5.76. The summed E-state index contributed by atoms with van der Waals surface area (Å²) in [5.41, 5.74) is 2.52. The van der Waals surface area contributed by atoms with Crippen molar-refractivity contribution >= 4 is 5.78 Å². The van der Waals surface area contributed by atoms with Crippen LogP contribution in [0.2, 0.25) is 0 Å². The minimum atomic E-state index is 0.258. The monoisotopic (exact) mass is 176 g/mol. The van der Waals surface area contributed by atoms with E-state index in [4.69, 9.17) is 0 Å². The van der Waals surface area contributed by atoms with E-state index in [0.29, 0.717) is 12.3 Å². The van der Waals surface area contributed by atoms with E-state index in [1.54, 1.807) is 6.92 Å². The summed E-state index contributed by atoms with van der Waals surface area (Å²) in [6, 6.07) is 8.35. The second-order valence-electron chi connectivity index (χ2n) is 3.72. The molecule has 0 aromatic heterocycles. The average molecular weight is 176 g/mol. The van der Waals surface area contributed by atoms with Gasteiger partial charge in [-0.2, -0.15) is 0 Å². The van der Waals surface area contributed by atoms with Gasteiger partial charge in [-0.3, -0.25) is 0 Å². The zero-order valence-corrected chi connectivity index (χ0v) is 8.50. The summed E-state index contributed by atoms with van der Waals surface area (Å²) in [5.74, 6) is 0.603. The number of benzene rings is 1. The lowest BCUT2D eigenvalue weighted by atomic mass is 9.95. The standard InChI is InChI=1S/C12H16O/c1-9-5-4-6-12(7-9)10(2)8-11(3)13/h4-7,10H,8H2,1-3H3. The van der Waals surface area contributed by atoms with Gasteiger partial charge >= 0.3 is 0 Å². The Morgan fingerprint density at radius 1 is 1.46 bits per heavy atom. The van der Waals surface area contributed by atoms with Crippen LogP contribution in [0, 0.1) is 6.92 Å². The van der Waals surface area contributed by atoms with Gasteiger partial charge in [0.05, 0.1) is 0 Å². The molecule has 0 radical (unpaired) electrons. The van der Waals surface area contributed by atoms with Gasteiger partial charge < -0.3 is 4.79 Å². The predicted molar refractivity (Wildman–Crippen MR) is 54.9 cm³/mol. The molecule has 0 saturated heterocycles. The van der Waals surface area contributed by atoms with Crippen LogP contribution < -0.4 is 0 Å². The molecule has 1 aromatic rings. The molecular weight excluding hydrogens is 160 g/mol. The highest BCUT2D eigenvalue weighted by Crippen LogP contribution is 2.19. The van der Waals surface area contributed by atoms with Gasteiger partial charge in [-0.05, 0) is 25.3 Å². The fraction of sp³-hybridized carbons (Fsp3) is 0.417. The Morgan fingerprint density at radius 3 is 2.69 bits per heavy atom. The fourth-order valence-corrected chi connectivity index (χ4v) is 1.53. The minimum Gasteiger partial charge on any atom is -0.300 e. The van der Waals surface area contributed by atoms with E-state index in [-0.39, 0.29) is 5.78 Å². The summed E-state index contributed by atoms with van der Waals surface area (Å²) in [6.07, 6.45) is 0.642. The molecule has 0 saturated carbocycles. The summed E-state index contributed by atoms with van der Waals surface area (Å²) in [4.78, 5) is 10.9. The molecule has 70 valence electrons. The Bertz CT molecular complexity index is 302. The molecule has 0 bridgehead atoms. The smallest absolute Gasteiger partial charge is 0.130 e. The Morgan fingerprint density at radius 2 is 2.15 bits per heavy atom. The summed E-state index contributed by atoms with van der Waals surface area (Å²) >= 11 is 0.